The molecule has 6 aromatic carbocycles. The monoisotopic (exact) mass is 1230 g/mol. The maximum absolute atomic E-state index is 10.3. The number of hydrogen-bond acceptors (Lipinski definition) is 15. The Hall–Kier alpha value is -9.72. The van der Waals surface area contributed by atoms with Gasteiger partial charge in [0.05, 0.1) is 35.8 Å². The molecule has 0 spiro atoms. The van der Waals surface area contributed by atoms with Gasteiger partial charge in [-0.25, -0.2) is 0 Å². The molecule has 0 aliphatic rings. The molecule has 0 saturated carbocycles. The van der Waals surface area contributed by atoms with Gasteiger partial charge in [-0.2, -0.15) is 0 Å². The maximum Gasteiger partial charge on any atom is 6.00 e. The summed E-state index contributed by atoms with van der Waals surface area (Å²) < 4.78 is 0. The fourth-order valence-corrected chi connectivity index (χ4v) is 6.25. The van der Waals surface area contributed by atoms with Crippen LogP contribution in [0, 0.1) is 0 Å². The van der Waals surface area contributed by atoms with Gasteiger partial charge in [0.1, 0.15) is 0 Å². The van der Waals surface area contributed by atoms with E-state index in [0.29, 0.717) is 77.0 Å². The second-order valence-corrected chi connectivity index (χ2v) is 17.3. The number of carbonyl (C=O) groups excluding carboxylic acids is 9. The van der Waals surface area contributed by atoms with E-state index in [1.54, 1.807) is 0 Å². The minimum Gasteiger partial charge on any atom is -0.545 e. The van der Waals surface area contributed by atoms with Crippen LogP contribution in [0.4, 0.5) is 0 Å². The summed E-state index contributed by atoms with van der Waals surface area (Å²) in [5, 5.41) is 61.9. The van der Waals surface area contributed by atoms with Crippen LogP contribution in [0.5, 0.6) is 0 Å². The molecular formula is C69H66MoO15. The van der Waals surface area contributed by atoms with E-state index >= 15 is 0 Å². The van der Waals surface area contributed by atoms with Crippen molar-refractivity contribution in [1.82, 2.24) is 0 Å². The Morgan fingerprint density at radius 3 is 0.412 bits per heavy atom. The summed E-state index contributed by atoms with van der Waals surface area (Å²) in [6, 6.07) is 58.2. The standard InChI is InChI=1S/6C11H12O2.3CO.Mo/c6*1-9(11(12)13)7-8-10-5-3-2-4-6-10;3*1-2;/h6*2-6H,1,7-8H2,(H,12,13);;;;/q;;;;;;;;;+6/p-6. The second-order valence-electron chi connectivity index (χ2n) is 17.3. The van der Waals surface area contributed by atoms with Gasteiger partial charge in [0.25, 0.3) is 20.4 Å². The number of benzene rings is 6. The molecule has 0 bridgehead atoms. The minimum atomic E-state index is -1.16. The predicted molar refractivity (Wildman–Crippen MR) is 311 cm³/mol. The molecule has 0 amide bonds. The molecule has 0 atom stereocenters. The number of rotatable bonds is 24. The Balaban J connectivity index is -0.000000453. The van der Waals surface area contributed by atoms with Gasteiger partial charge in [-0.1, -0.05) is 221 Å². The first-order valence-corrected chi connectivity index (χ1v) is 25.4. The van der Waals surface area contributed by atoms with Crippen molar-refractivity contribution < 1.29 is 94.9 Å². The topological polar surface area (TPSA) is 292 Å². The summed E-state index contributed by atoms with van der Waals surface area (Å²) in [6.07, 6.45) is 6.92. The largest absolute Gasteiger partial charge is 6.00 e. The first-order chi connectivity index (χ1) is 40.2. The van der Waals surface area contributed by atoms with Gasteiger partial charge in [0, 0.05) is 0 Å². The van der Waals surface area contributed by atoms with Gasteiger partial charge >= 0.3 is 21.1 Å². The number of aryl methyl sites for hydroxylation is 6. The van der Waals surface area contributed by atoms with Crippen molar-refractivity contribution in [3.63, 3.8) is 0 Å². The molecular weight excluding hydrogens is 1160 g/mol. The van der Waals surface area contributed by atoms with Crippen LogP contribution in [-0.4, -0.2) is 56.2 Å². The van der Waals surface area contributed by atoms with Gasteiger partial charge in [0.15, 0.2) is 0 Å². The first-order valence-electron chi connectivity index (χ1n) is 25.4. The Bertz CT molecular complexity index is 2380. The molecule has 6 radical (unpaired) electrons. The fourth-order valence-electron chi connectivity index (χ4n) is 6.25. The molecule has 0 heterocycles. The Kier molecular flexibility index (Phi) is 51.5. The molecule has 85 heavy (non-hydrogen) atoms. The van der Waals surface area contributed by atoms with E-state index in [4.69, 9.17) is 14.4 Å². The van der Waals surface area contributed by atoms with E-state index in [1.807, 2.05) is 182 Å². The average Bonchev–Trinajstić information content (AvgIpc) is 3.53. The zero-order valence-electron chi connectivity index (χ0n) is 47.1. The summed E-state index contributed by atoms with van der Waals surface area (Å²) in [7, 11) is 0. The molecule has 0 saturated heterocycles. The molecule has 0 fully saturated rings. The number of aliphatic carboxylic acids is 6. The third kappa shape index (κ3) is 45.6. The summed E-state index contributed by atoms with van der Waals surface area (Å²) in [5.41, 5.74) is 7.63. The van der Waals surface area contributed by atoms with E-state index in [9.17, 15) is 59.4 Å². The van der Waals surface area contributed by atoms with Gasteiger partial charge < -0.3 is 59.4 Å². The van der Waals surface area contributed by atoms with Crippen LogP contribution in [0.3, 0.4) is 0 Å². The van der Waals surface area contributed by atoms with Crippen molar-refractivity contribution >= 4 is 56.2 Å². The molecule has 0 aliphatic heterocycles. The smallest absolute Gasteiger partial charge is 0.545 e. The molecule has 438 valence electrons. The van der Waals surface area contributed by atoms with Gasteiger partial charge in [-0.15, -0.1) is 0 Å². The van der Waals surface area contributed by atoms with Crippen LogP contribution in [-0.2, 0) is 103 Å². The van der Waals surface area contributed by atoms with E-state index in [1.165, 1.54) is 0 Å². The molecule has 6 rings (SSSR count). The summed E-state index contributed by atoms with van der Waals surface area (Å²) in [4.78, 5) is 84.4. The van der Waals surface area contributed by atoms with Crippen LogP contribution < -0.4 is 30.6 Å². The third-order valence-corrected chi connectivity index (χ3v) is 11.1. The van der Waals surface area contributed by atoms with Gasteiger partial charge in [0.2, 0.25) is 0 Å². The van der Waals surface area contributed by atoms with Crippen molar-refractivity contribution in [2.45, 2.75) is 77.0 Å². The summed E-state index contributed by atoms with van der Waals surface area (Å²) in [5.74, 6) is -6.94. The van der Waals surface area contributed by atoms with Crippen LogP contribution >= 0.6 is 0 Å². The number of hydrogen-bond donors (Lipinski definition) is 0. The van der Waals surface area contributed by atoms with Crippen LogP contribution in [0.15, 0.2) is 255 Å². The second kappa shape index (κ2) is 53.6. The SMILES string of the molecule is C=C(CCc1ccccc1)C(=O)[O-].C=C(CCc1ccccc1)C(=O)[O-].C=C(CCc1ccccc1)C(=O)[O-].C=C(CCc1ccccc1)C(=O)[O-].C=C(CCc1ccccc1)C(=O)[O-].C=C(CCc1ccccc1)C(=O)[O-].[C]=O.[C]=O.[C]=O.[Mo+6]. The molecule has 15 nitrogen and oxygen atoms in total. The van der Waals surface area contributed by atoms with Gasteiger partial charge in [-0.05, 0) is 144 Å². The third-order valence-electron chi connectivity index (χ3n) is 11.1. The zero-order valence-corrected chi connectivity index (χ0v) is 49.1. The fraction of sp³-hybridized carbons (Fsp3) is 0.174. The van der Waals surface area contributed by atoms with E-state index in [-0.39, 0.29) is 54.5 Å². The minimum absolute atomic E-state index is 0. The number of carboxylic acids is 6. The van der Waals surface area contributed by atoms with Crippen LogP contribution in [0.2, 0.25) is 0 Å². The zero-order chi connectivity index (χ0) is 64.1. The molecule has 6 aromatic rings. The Morgan fingerprint density at radius 2 is 0.329 bits per heavy atom. The number of carboxylic acid groups (broad SMARTS) is 6. The molecule has 0 aliphatic carbocycles. The van der Waals surface area contributed by atoms with E-state index < -0.39 is 35.8 Å². The van der Waals surface area contributed by atoms with Crippen molar-refractivity contribution in [2.24, 2.45) is 0 Å². The Morgan fingerprint density at radius 1 is 0.235 bits per heavy atom. The molecule has 0 aromatic heterocycles. The van der Waals surface area contributed by atoms with Crippen LogP contribution in [0.25, 0.3) is 0 Å². The summed E-state index contributed by atoms with van der Waals surface area (Å²) in [6.45, 7) is 33.9. The molecule has 0 unspecified atom stereocenters. The molecule has 16 heteroatoms. The average molecular weight is 1230 g/mol. The number of carbonyl (C=O) groups is 6. The van der Waals surface area contributed by atoms with Crippen molar-refractivity contribution in [1.29, 1.82) is 0 Å². The summed E-state index contributed by atoms with van der Waals surface area (Å²) >= 11 is 0. The van der Waals surface area contributed by atoms with Gasteiger partial charge in [-0.3, -0.25) is 14.4 Å². The van der Waals surface area contributed by atoms with E-state index in [0.717, 1.165) is 33.4 Å². The maximum atomic E-state index is 10.3. The first kappa shape index (κ1) is 81.7. The van der Waals surface area contributed by atoms with E-state index in [2.05, 4.69) is 59.8 Å². The normalized spacial score (nSPS) is 8.89. The van der Waals surface area contributed by atoms with Crippen molar-refractivity contribution in [2.75, 3.05) is 0 Å². The van der Waals surface area contributed by atoms with Crippen molar-refractivity contribution in [3.05, 3.63) is 288 Å². The molecule has 0 N–H and O–H groups in total. The van der Waals surface area contributed by atoms with Crippen molar-refractivity contribution in [3.8, 4) is 0 Å². The quantitative estimate of drug-likeness (QED) is 0.0601. The van der Waals surface area contributed by atoms with Crippen LogP contribution in [0.1, 0.15) is 71.9 Å². The Labute approximate surface area is 513 Å². The predicted octanol–water partition coefficient (Wildman–Crippen LogP) is 4.36.